The summed E-state index contributed by atoms with van der Waals surface area (Å²) < 4.78 is 6.39. The second-order valence-corrected chi connectivity index (χ2v) is 7.09. The van der Waals surface area contributed by atoms with E-state index < -0.39 is 0 Å². The largest absolute Gasteiger partial charge is 0.376 e. The summed E-state index contributed by atoms with van der Waals surface area (Å²) in [5, 5.41) is 8.20. The van der Waals surface area contributed by atoms with E-state index in [1.165, 1.54) is 0 Å². The van der Waals surface area contributed by atoms with Gasteiger partial charge in [0.2, 0.25) is 0 Å². The maximum Gasteiger partial charge on any atom is 0.182 e. The van der Waals surface area contributed by atoms with Crippen LogP contribution in [0.25, 0.3) is 15.8 Å². The SMILES string of the molecule is Cc1noc(C)c1C1=CCC(=O)C(NCc2nc3ccccc3s2)=C1. The zero-order valence-electron chi connectivity index (χ0n) is 14.0. The summed E-state index contributed by atoms with van der Waals surface area (Å²) in [6.07, 6.45) is 4.18. The van der Waals surface area contributed by atoms with Crippen molar-refractivity contribution in [3.8, 4) is 0 Å². The van der Waals surface area contributed by atoms with Gasteiger partial charge in [-0.3, -0.25) is 4.79 Å². The lowest BCUT2D eigenvalue weighted by molar-refractivity contribution is -0.115. The molecule has 1 N–H and O–H groups in total. The van der Waals surface area contributed by atoms with Crippen LogP contribution in [0.5, 0.6) is 0 Å². The maximum atomic E-state index is 12.2. The number of rotatable bonds is 4. The van der Waals surface area contributed by atoms with E-state index in [0.29, 0.717) is 18.7 Å². The molecule has 0 amide bonds. The number of allylic oxidation sites excluding steroid dienone is 4. The number of ketones is 1. The Labute approximate surface area is 149 Å². The van der Waals surface area contributed by atoms with Gasteiger partial charge in [0.15, 0.2) is 5.78 Å². The molecule has 6 heteroatoms. The van der Waals surface area contributed by atoms with Gasteiger partial charge >= 0.3 is 0 Å². The molecule has 25 heavy (non-hydrogen) atoms. The molecule has 2 heterocycles. The zero-order chi connectivity index (χ0) is 17.4. The monoisotopic (exact) mass is 351 g/mol. The first-order chi connectivity index (χ1) is 12.1. The van der Waals surface area contributed by atoms with E-state index >= 15 is 0 Å². The van der Waals surface area contributed by atoms with Crippen LogP contribution in [0, 0.1) is 13.8 Å². The third kappa shape index (κ3) is 3.00. The van der Waals surface area contributed by atoms with E-state index in [1.807, 2.05) is 44.2 Å². The smallest absolute Gasteiger partial charge is 0.182 e. The van der Waals surface area contributed by atoms with Crippen molar-refractivity contribution >= 4 is 32.9 Å². The van der Waals surface area contributed by atoms with Crippen LogP contribution in [0.3, 0.4) is 0 Å². The number of aromatic nitrogens is 2. The van der Waals surface area contributed by atoms with Crippen LogP contribution in [0.4, 0.5) is 0 Å². The van der Waals surface area contributed by atoms with Crippen molar-refractivity contribution in [2.75, 3.05) is 0 Å². The first-order valence-electron chi connectivity index (χ1n) is 8.08. The molecular formula is C19H17N3O2S. The molecule has 1 aliphatic rings. The van der Waals surface area contributed by atoms with Crippen molar-refractivity contribution in [3.05, 3.63) is 64.1 Å². The van der Waals surface area contributed by atoms with Crippen LogP contribution < -0.4 is 5.32 Å². The predicted octanol–water partition coefficient (Wildman–Crippen LogP) is 3.93. The zero-order valence-corrected chi connectivity index (χ0v) is 14.8. The summed E-state index contributed by atoms with van der Waals surface area (Å²) in [5.41, 5.74) is 4.37. The van der Waals surface area contributed by atoms with Gasteiger partial charge in [-0.2, -0.15) is 0 Å². The Balaban J connectivity index is 1.56. The van der Waals surface area contributed by atoms with Gasteiger partial charge in [-0.05, 0) is 37.6 Å². The molecule has 4 rings (SSSR count). The Hall–Kier alpha value is -2.73. The number of Topliss-reactive ketones (excluding diaryl/α,β-unsaturated/α-hetero) is 1. The molecule has 126 valence electrons. The van der Waals surface area contributed by atoms with E-state index in [1.54, 1.807) is 11.3 Å². The number of carbonyl (C=O) groups is 1. The van der Waals surface area contributed by atoms with Crippen LogP contribution >= 0.6 is 11.3 Å². The molecular weight excluding hydrogens is 334 g/mol. The first kappa shape index (κ1) is 15.8. The molecule has 0 bridgehead atoms. The summed E-state index contributed by atoms with van der Waals surface area (Å²) in [6.45, 7) is 4.33. The Kier molecular flexibility index (Phi) is 3.97. The Morgan fingerprint density at radius 1 is 1.28 bits per heavy atom. The van der Waals surface area contributed by atoms with Crippen LogP contribution in [0.15, 0.2) is 46.6 Å². The minimum absolute atomic E-state index is 0.0802. The molecule has 1 aliphatic carbocycles. The number of nitrogens with one attached hydrogen (secondary N) is 1. The molecule has 0 unspecified atom stereocenters. The van der Waals surface area contributed by atoms with Crippen molar-refractivity contribution in [2.24, 2.45) is 0 Å². The lowest BCUT2D eigenvalue weighted by atomic mass is 9.96. The lowest BCUT2D eigenvalue weighted by Gasteiger charge is -2.14. The first-order valence-corrected chi connectivity index (χ1v) is 8.90. The second kappa shape index (κ2) is 6.29. The van der Waals surface area contributed by atoms with Gasteiger partial charge < -0.3 is 9.84 Å². The van der Waals surface area contributed by atoms with Gasteiger partial charge in [-0.1, -0.05) is 23.4 Å². The summed E-state index contributed by atoms with van der Waals surface area (Å²) >= 11 is 1.64. The molecule has 0 atom stereocenters. The third-order valence-corrected chi connectivity index (χ3v) is 5.23. The molecule has 1 aromatic carbocycles. The van der Waals surface area contributed by atoms with Gasteiger partial charge in [-0.25, -0.2) is 4.98 Å². The highest BCUT2D eigenvalue weighted by Crippen LogP contribution is 2.28. The van der Waals surface area contributed by atoms with Crippen molar-refractivity contribution < 1.29 is 9.32 Å². The molecule has 0 aliphatic heterocycles. The van der Waals surface area contributed by atoms with Gasteiger partial charge in [0.05, 0.1) is 28.2 Å². The number of aryl methyl sites for hydroxylation is 2. The second-order valence-electron chi connectivity index (χ2n) is 5.97. The van der Waals surface area contributed by atoms with E-state index in [-0.39, 0.29) is 5.78 Å². The Morgan fingerprint density at radius 2 is 2.12 bits per heavy atom. The highest BCUT2D eigenvalue weighted by Gasteiger charge is 2.20. The molecule has 0 spiro atoms. The van der Waals surface area contributed by atoms with E-state index in [0.717, 1.165) is 37.8 Å². The maximum absolute atomic E-state index is 12.2. The van der Waals surface area contributed by atoms with Crippen molar-refractivity contribution in [2.45, 2.75) is 26.8 Å². The third-order valence-electron chi connectivity index (χ3n) is 4.20. The number of thiazole rings is 1. The molecule has 2 aromatic heterocycles. The lowest BCUT2D eigenvalue weighted by Crippen LogP contribution is -2.21. The average Bonchev–Trinajstić information content (AvgIpc) is 3.17. The van der Waals surface area contributed by atoms with E-state index in [4.69, 9.17) is 4.52 Å². The standard InChI is InChI=1S/C19H17N3O2S/c1-11-19(12(2)24-22-11)13-7-8-16(23)15(9-13)20-10-18-21-14-5-3-4-6-17(14)25-18/h3-7,9,20H,8,10H2,1-2H3. The minimum Gasteiger partial charge on any atom is -0.376 e. The summed E-state index contributed by atoms with van der Waals surface area (Å²) in [6, 6.07) is 8.04. The predicted molar refractivity (Wildman–Crippen MR) is 98.1 cm³/mol. The molecule has 0 fully saturated rings. The quantitative estimate of drug-likeness (QED) is 0.771. The van der Waals surface area contributed by atoms with Crippen LogP contribution in [-0.2, 0) is 11.3 Å². The van der Waals surface area contributed by atoms with Crippen molar-refractivity contribution in [3.63, 3.8) is 0 Å². The topological polar surface area (TPSA) is 68.0 Å². The normalized spacial score (nSPS) is 14.6. The summed E-state index contributed by atoms with van der Waals surface area (Å²) in [5.74, 6) is 0.844. The molecule has 0 radical (unpaired) electrons. The number of fused-ring (bicyclic) bond motifs is 1. The van der Waals surface area contributed by atoms with Crippen molar-refractivity contribution in [1.82, 2.24) is 15.5 Å². The average molecular weight is 351 g/mol. The Bertz CT molecular complexity index is 974. The van der Waals surface area contributed by atoms with Crippen molar-refractivity contribution in [1.29, 1.82) is 0 Å². The van der Waals surface area contributed by atoms with Crippen LogP contribution in [-0.4, -0.2) is 15.9 Å². The minimum atomic E-state index is 0.0802. The Morgan fingerprint density at radius 3 is 2.88 bits per heavy atom. The number of hydrogen-bond acceptors (Lipinski definition) is 6. The fraction of sp³-hybridized carbons (Fsp3) is 0.211. The highest BCUT2D eigenvalue weighted by atomic mass is 32.1. The molecule has 5 nitrogen and oxygen atoms in total. The number of hydrogen-bond donors (Lipinski definition) is 1. The summed E-state index contributed by atoms with van der Waals surface area (Å²) in [7, 11) is 0. The number of para-hydroxylation sites is 1. The van der Waals surface area contributed by atoms with Gasteiger partial charge in [0.1, 0.15) is 10.8 Å². The fourth-order valence-electron chi connectivity index (χ4n) is 2.99. The highest BCUT2D eigenvalue weighted by molar-refractivity contribution is 7.18. The molecule has 0 saturated heterocycles. The number of benzene rings is 1. The van der Waals surface area contributed by atoms with E-state index in [9.17, 15) is 4.79 Å². The summed E-state index contributed by atoms with van der Waals surface area (Å²) in [4.78, 5) is 16.8. The number of nitrogens with zero attached hydrogens (tertiary/aromatic N) is 2. The van der Waals surface area contributed by atoms with Gasteiger partial charge in [0.25, 0.3) is 0 Å². The van der Waals surface area contributed by atoms with E-state index in [2.05, 4.69) is 21.5 Å². The number of carbonyl (C=O) groups excluding carboxylic acids is 1. The van der Waals surface area contributed by atoms with Gasteiger partial charge in [-0.15, -0.1) is 11.3 Å². The fourth-order valence-corrected chi connectivity index (χ4v) is 3.90. The van der Waals surface area contributed by atoms with Crippen LogP contribution in [0.2, 0.25) is 0 Å². The van der Waals surface area contributed by atoms with Gasteiger partial charge in [0, 0.05) is 12.0 Å². The molecule has 0 saturated carbocycles. The molecule has 3 aromatic rings. The van der Waals surface area contributed by atoms with Crippen LogP contribution in [0.1, 0.15) is 28.4 Å².